The third-order valence-electron chi connectivity index (χ3n) is 1.92. The Morgan fingerprint density at radius 1 is 1.53 bits per heavy atom. The number of nitrogens with zero attached hydrogens (tertiary/aromatic N) is 4. The van der Waals surface area contributed by atoms with Crippen LogP contribution in [-0.2, 0) is 0 Å². The van der Waals surface area contributed by atoms with Crippen LogP contribution in [0.4, 0.5) is 0 Å². The third-order valence-corrected chi connectivity index (χ3v) is 1.92. The quantitative estimate of drug-likeness (QED) is 0.754. The van der Waals surface area contributed by atoms with E-state index in [1.165, 1.54) is 17.8 Å². The number of carbonyl (C=O) groups is 1. The predicted octanol–water partition coefficient (Wildman–Crippen LogP) is 0.140. The highest BCUT2D eigenvalue weighted by molar-refractivity contribution is 5.88. The Bertz CT molecular complexity index is 534. The van der Waals surface area contributed by atoms with Gasteiger partial charge in [0.25, 0.3) is 5.78 Å². The molecule has 2 aromatic rings. The number of fused-ring (bicyclic) bond motifs is 1. The van der Waals surface area contributed by atoms with Crippen LogP contribution in [0.3, 0.4) is 0 Å². The lowest BCUT2D eigenvalue weighted by molar-refractivity contribution is 0.0695. The normalized spacial score (nSPS) is 10.5. The number of ether oxygens (including phenoxy) is 1. The van der Waals surface area contributed by atoms with Gasteiger partial charge in [0.1, 0.15) is 0 Å². The van der Waals surface area contributed by atoms with E-state index in [1.807, 2.05) is 0 Å². The molecule has 0 aliphatic heterocycles. The average molecular weight is 208 g/mol. The molecule has 2 rings (SSSR count). The Morgan fingerprint density at radius 2 is 2.27 bits per heavy atom. The van der Waals surface area contributed by atoms with Crippen molar-refractivity contribution in [3.63, 3.8) is 0 Å². The fraction of sp³-hybridized carbons (Fsp3) is 0.250. The standard InChI is InChI=1S/C8H8N4O3/c1-4-5(6(13)14)3-12-7(9-4)10-8(11-12)15-2/h3H,1-2H3,(H,13,14). The molecule has 0 unspecified atom stereocenters. The van der Waals surface area contributed by atoms with Gasteiger partial charge in [-0.3, -0.25) is 0 Å². The molecular weight excluding hydrogens is 200 g/mol. The zero-order chi connectivity index (χ0) is 11.0. The van der Waals surface area contributed by atoms with E-state index in [0.717, 1.165) is 0 Å². The van der Waals surface area contributed by atoms with Crippen LogP contribution in [0.25, 0.3) is 5.78 Å². The van der Waals surface area contributed by atoms with Gasteiger partial charge in [-0.25, -0.2) is 14.3 Å². The summed E-state index contributed by atoms with van der Waals surface area (Å²) in [5, 5.41) is 12.7. The van der Waals surface area contributed by atoms with Gasteiger partial charge in [-0.05, 0) is 6.92 Å². The van der Waals surface area contributed by atoms with Crippen molar-refractivity contribution in [3.8, 4) is 6.01 Å². The SMILES string of the molecule is COc1nc2nc(C)c(C(=O)O)cn2n1. The molecule has 0 aliphatic rings. The van der Waals surface area contributed by atoms with Crippen LogP contribution in [0.5, 0.6) is 6.01 Å². The summed E-state index contributed by atoms with van der Waals surface area (Å²) in [6.07, 6.45) is 1.36. The first-order chi connectivity index (χ1) is 7.11. The van der Waals surface area contributed by atoms with Crippen molar-refractivity contribution < 1.29 is 14.6 Å². The summed E-state index contributed by atoms with van der Waals surface area (Å²) < 4.78 is 6.08. The smallest absolute Gasteiger partial charge is 0.339 e. The molecule has 1 N–H and O–H groups in total. The molecule has 0 bridgehead atoms. The van der Waals surface area contributed by atoms with Crippen LogP contribution in [0.15, 0.2) is 6.20 Å². The maximum absolute atomic E-state index is 10.8. The number of rotatable bonds is 2. The molecule has 0 aliphatic carbocycles. The number of carboxylic acid groups (broad SMARTS) is 1. The summed E-state index contributed by atoms with van der Waals surface area (Å²) in [4.78, 5) is 18.7. The number of aryl methyl sites for hydroxylation is 1. The summed E-state index contributed by atoms with van der Waals surface area (Å²) in [5.41, 5.74) is 0.486. The van der Waals surface area contributed by atoms with Crippen LogP contribution in [0, 0.1) is 6.92 Å². The van der Waals surface area contributed by atoms with Crippen LogP contribution >= 0.6 is 0 Å². The van der Waals surface area contributed by atoms with E-state index in [0.29, 0.717) is 11.5 Å². The highest BCUT2D eigenvalue weighted by Gasteiger charge is 2.12. The number of aromatic nitrogens is 4. The molecule has 0 saturated carbocycles. The minimum absolute atomic E-state index is 0.0926. The predicted molar refractivity (Wildman–Crippen MR) is 49.0 cm³/mol. The average Bonchev–Trinajstić information content (AvgIpc) is 2.58. The molecular formula is C8H8N4O3. The monoisotopic (exact) mass is 208 g/mol. The van der Waals surface area contributed by atoms with Crippen molar-refractivity contribution in [1.82, 2.24) is 19.6 Å². The van der Waals surface area contributed by atoms with E-state index in [4.69, 9.17) is 9.84 Å². The topological polar surface area (TPSA) is 89.6 Å². The number of hydrogen-bond acceptors (Lipinski definition) is 5. The summed E-state index contributed by atoms with van der Waals surface area (Å²) in [6.45, 7) is 1.60. The second-order valence-electron chi connectivity index (χ2n) is 2.89. The molecule has 0 amide bonds. The second kappa shape index (κ2) is 3.19. The van der Waals surface area contributed by atoms with Crippen molar-refractivity contribution in [1.29, 1.82) is 0 Å². The minimum atomic E-state index is -1.05. The largest absolute Gasteiger partial charge is 0.478 e. The lowest BCUT2D eigenvalue weighted by atomic mass is 10.2. The highest BCUT2D eigenvalue weighted by Crippen LogP contribution is 2.09. The molecule has 0 aromatic carbocycles. The van der Waals surface area contributed by atoms with E-state index in [1.54, 1.807) is 6.92 Å². The van der Waals surface area contributed by atoms with E-state index in [-0.39, 0.29) is 11.6 Å². The second-order valence-corrected chi connectivity index (χ2v) is 2.89. The minimum Gasteiger partial charge on any atom is -0.478 e. The zero-order valence-electron chi connectivity index (χ0n) is 8.13. The third kappa shape index (κ3) is 1.47. The summed E-state index contributed by atoms with van der Waals surface area (Å²) in [5.74, 6) is -0.731. The van der Waals surface area contributed by atoms with Gasteiger partial charge in [0.05, 0.1) is 18.4 Å². The highest BCUT2D eigenvalue weighted by atomic mass is 16.5. The first kappa shape index (κ1) is 9.38. The van der Waals surface area contributed by atoms with Gasteiger partial charge in [0.2, 0.25) is 0 Å². The first-order valence-electron chi connectivity index (χ1n) is 4.13. The number of carboxylic acids is 1. The molecule has 7 heteroatoms. The number of methoxy groups -OCH3 is 1. The maximum Gasteiger partial charge on any atom is 0.339 e. The lowest BCUT2D eigenvalue weighted by Gasteiger charge is -1.98. The molecule has 0 atom stereocenters. The number of aromatic carboxylic acids is 1. The Balaban J connectivity index is 2.68. The van der Waals surface area contributed by atoms with Crippen molar-refractivity contribution in [3.05, 3.63) is 17.5 Å². The van der Waals surface area contributed by atoms with Gasteiger partial charge in [0, 0.05) is 6.20 Å². The molecule has 2 heterocycles. The van der Waals surface area contributed by atoms with Gasteiger partial charge in [0.15, 0.2) is 0 Å². The van der Waals surface area contributed by atoms with Crippen LogP contribution in [-0.4, -0.2) is 37.8 Å². The first-order valence-corrected chi connectivity index (χ1v) is 4.13. The molecule has 2 aromatic heterocycles. The molecule has 0 radical (unpaired) electrons. The van der Waals surface area contributed by atoms with Gasteiger partial charge in [-0.2, -0.15) is 4.98 Å². The van der Waals surface area contributed by atoms with E-state index in [2.05, 4.69) is 15.1 Å². The molecule has 7 nitrogen and oxygen atoms in total. The molecule has 78 valence electrons. The van der Waals surface area contributed by atoms with Crippen molar-refractivity contribution >= 4 is 11.7 Å². The van der Waals surface area contributed by atoms with Gasteiger partial charge >= 0.3 is 12.0 Å². The number of hydrogen-bond donors (Lipinski definition) is 1. The summed E-state index contributed by atoms with van der Waals surface area (Å²) in [6, 6.07) is 0.157. The fourth-order valence-electron chi connectivity index (χ4n) is 1.18. The summed E-state index contributed by atoms with van der Waals surface area (Å²) in [7, 11) is 1.43. The van der Waals surface area contributed by atoms with Crippen LogP contribution in [0.1, 0.15) is 16.1 Å². The van der Waals surface area contributed by atoms with Gasteiger partial charge in [-0.1, -0.05) is 0 Å². The summed E-state index contributed by atoms with van der Waals surface area (Å²) >= 11 is 0. The lowest BCUT2D eigenvalue weighted by Crippen LogP contribution is -2.05. The Morgan fingerprint density at radius 3 is 2.87 bits per heavy atom. The van der Waals surface area contributed by atoms with E-state index in [9.17, 15) is 4.79 Å². The fourth-order valence-corrected chi connectivity index (χ4v) is 1.18. The Kier molecular flexibility index (Phi) is 2.00. The maximum atomic E-state index is 10.8. The van der Waals surface area contributed by atoms with Crippen molar-refractivity contribution in [2.45, 2.75) is 6.92 Å². The van der Waals surface area contributed by atoms with E-state index >= 15 is 0 Å². The van der Waals surface area contributed by atoms with Crippen LogP contribution < -0.4 is 4.74 Å². The van der Waals surface area contributed by atoms with Gasteiger partial charge in [-0.15, -0.1) is 5.10 Å². The van der Waals surface area contributed by atoms with Crippen molar-refractivity contribution in [2.24, 2.45) is 0 Å². The molecule has 15 heavy (non-hydrogen) atoms. The Labute approximate surface area is 84.3 Å². The Hall–Kier alpha value is -2.18. The van der Waals surface area contributed by atoms with Crippen molar-refractivity contribution in [2.75, 3.05) is 7.11 Å². The molecule has 0 saturated heterocycles. The zero-order valence-corrected chi connectivity index (χ0v) is 8.13. The van der Waals surface area contributed by atoms with Crippen LogP contribution in [0.2, 0.25) is 0 Å². The van der Waals surface area contributed by atoms with Gasteiger partial charge < -0.3 is 9.84 Å². The molecule has 0 fully saturated rings. The molecule has 0 spiro atoms. The van der Waals surface area contributed by atoms with E-state index < -0.39 is 5.97 Å².